The van der Waals surface area contributed by atoms with Crippen molar-refractivity contribution in [2.75, 3.05) is 45.8 Å². The number of piperazine rings is 1. The molecule has 0 unspecified atom stereocenters. The Morgan fingerprint density at radius 3 is 2.62 bits per heavy atom. The number of hydrogen-bond acceptors (Lipinski definition) is 5. The van der Waals surface area contributed by atoms with Gasteiger partial charge in [-0.1, -0.05) is 6.92 Å². The van der Waals surface area contributed by atoms with Crippen LogP contribution in [0, 0.1) is 0 Å². The fraction of sp³-hybridized carbons (Fsp3) is 0.471. The number of carbonyl (C=O) groups excluding carboxylic acids is 1. The van der Waals surface area contributed by atoms with Crippen LogP contribution < -0.4 is 5.32 Å². The van der Waals surface area contributed by atoms with Gasteiger partial charge in [0, 0.05) is 57.9 Å². The Balaban J connectivity index is 1.44. The van der Waals surface area contributed by atoms with E-state index in [0.29, 0.717) is 17.9 Å². The van der Waals surface area contributed by atoms with Gasteiger partial charge in [0.2, 0.25) is 0 Å². The molecule has 0 spiro atoms. The van der Waals surface area contributed by atoms with Gasteiger partial charge in [0.25, 0.3) is 5.91 Å². The minimum Gasteiger partial charge on any atom is -0.351 e. The Labute approximate surface area is 142 Å². The van der Waals surface area contributed by atoms with Gasteiger partial charge in [-0.2, -0.15) is 5.10 Å². The molecule has 1 saturated heterocycles. The molecular weight excluding hydrogens is 304 g/mol. The maximum Gasteiger partial charge on any atom is 0.252 e. The van der Waals surface area contributed by atoms with E-state index in [0.717, 1.165) is 39.3 Å². The topological polar surface area (TPSA) is 66.3 Å². The minimum absolute atomic E-state index is 0.0818. The van der Waals surface area contributed by atoms with Crippen LogP contribution >= 0.6 is 0 Å². The van der Waals surface area contributed by atoms with E-state index in [1.165, 1.54) is 0 Å². The highest BCUT2D eigenvalue weighted by Crippen LogP contribution is 2.05. The summed E-state index contributed by atoms with van der Waals surface area (Å²) < 4.78 is 1.66. The van der Waals surface area contributed by atoms with E-state index in [9.17, 15) is 4.79 Å². The largest absolute Gasteiger partial charge is 0.351 e. The Bertz CT molecular complexity index is 632. The molecule has 0 radical (unpaired) electrons. The van der Waals surface area contributed by atoms with Crippen molar-refractivity contribution in [2.45, 2.75) is 6.92 Å². The summed E-state index contributed by atoms with van der Waals surface area (Å²) in [5.41, 5.74) is 0.571. The maximum absolute atomic E-state index is 12.2. The Morgan fingerprint density at radius 1 is 1.21 bits per heavy atom. The third-order valence-corrected chi connectivity index (χ3v) is 4.37. The molecule has 1 aliphatic heterocycles. The summed E-state index contributed by atoms with van der Waals surface area (Å²) in [6.07, 6.45) is 5.11. The van der Waals surface area contributed by atoms with Crippen molar-refractivity contribution in [3.63, 3.8) is 0 Å². The van der Waals surface area contributed by atoms with Crippen LogP contribution in [0.15, 0.2) is 36.8 Å². The van der Waals surface area contributed by atoms with Gasteiger partial charge >= 0.3 is 0 Å². The molecule has 3 heterocycles. The summed E-state index contributed by atoms with van der Waals surface area (Å²) in [6.45, 7) is 9.24. The third-order valence-electron chi connectivity index (χ3n) is 4.37. The lowest BCUT2D eigenvalue weighted by atomic mass is 10.2. The van der Waals surface area contributed by atoms with Crippen LogP contribution in [0.25, 0.3) is 5.82 Å². The summed E-state index contributed by atoms with van der Waals surface area (Å²) in [7, 11) is 0. The molecule has 0 saturated carbocycles. The van der Waals surface area contributed by atoms with Gasteiger partial charge in [-0.25, -0.2) is 9.67 Å². The first-order valence-electron chi connectivity index (χ1n) is 8.45. The van der Waals surface area contributed by atoms with E-state index in [1.807, 2.05) is 12.3 Å². The number of pyridine rings is 1. The van der Waals surface area contributed by atoms with Gasteiger partial charge in [-0.15, -0.1) is 0 Å². The summed E-state index contributed by atoms with van der Waals surface area (Å²) in [5, 5.41) is 7.09. The zero-order chi connectivity index (χ0) is 16.8. The normalized spacial score (nSPS) is 16.2. The Morgan fingerprint density at radius 2 is 2.00 bits per heavy atom. The zero-order valence-corrected chi connectivity index (χ0v) is 14.1. The van der Waals surface area contributed by atoms with E-state index >= 15 is 0 Å². The number of nitrogens with zero attached hydrogens (tertiary/aromatic N) is 5. The van der Waals surface area contributed by atoms with Gasteiger partial charge in [0.1, 0.15) is 0 Å². The molecular formula is C17H24N6O. The first-order valence-corrected chi connectivity index (χ1v) is 8.45. The fourth-order valence-electron chi connectivity index (χ4n) is 2.82. The fourth-order valence-corrected chi connectivity index (χ4v) is 2.82. The highest BCUT2D eigenvalue weighted by atomic mass is 16.1. The molecule has 7 heteroatoms. The van der Waals surface area contributed by atoms with E-state index in [-0.39, 0.29) is 5.91 Å². The molecule has 2 aromatic rings. The van der Waals surface area contributed by atoms with Gasteiger partial charge in [-0.3, -0.25) is 9.69 Å². The lowest BCUT2D eigenvalue weighted by Gasteiger charge is -2.33. The second-order valence-electron chi connectivity index (χ2n) is 5.89. The van der Waals surface area contributed by atoms with E-state index in [4.69, 9.17) is 0 Å². The highest BCUT2D eigenvalue weighted by molar-refractivity contribution is 5.93. The maximum atomic E-state index is 12.2. The van der Waals surface area contributed by atoms with Crippen molar-refractivity contribution >= 4 is 5.91 Å². The van der Waals surface area contributed by atoms with Crippen LogP contribution in [-0.2, 0) is 0 Å². The molecule has 1 N–H and O–H groups in total. The van der Waals surface area contributed by atoms with E-state index in [2.05, 4.69) is 32.1 Å². The quantitative estimate of drug-likeness (QED) is 0.843. The summed E-state index contributed by atoms with van der Waals surface area (Å²) in [6, 6.07) is 5.41. The van der Waals surface area contributed by atoms with Crippen LogP contribution in [0.5, 0.6) is 0 Å². The van der Waals surface area contributed by atoms with E-state index in [1.54, 1.807) is 29.2 Å². The summed E-state index contributed by atoms with van der Waals surface area (Å²) in [5.74, 6) is 0.618. The van der Waals surface area contributed by atoms with Crippen LogP contribution in [0.2, 0.25) is 0 Å². The molecule has 7 nitrogen and oxygen atoms in total. The predicted octanol–water partition coefficient (Wildman–Crippen LogP) is 0.635. The van der Waals surface area contributed by atoms with Crippen LogP contribution in [-0.4, -0.2) is 76.3 Å². The Kier molecular flexibility index (Phi) is 5.55. The molecule has 0 atom stereocenters. The predicted molar refractivity (Wildman–Crippen MR) is 92.2 cm³/mol. The van der Waals surface area contributed by atoms with Crippen molar-refractivity contribution in [2.24, 2.45) is 0 Å². The van der Waals surface area contributed by atoms with Crippen molar-refractivity contribution in [3.05, 3.63) is 42.4 Å². The standard InChI is InChI=1S/C17H24N6O/c1-2-21-10-12-22(13-11-21)9-7-18-17(24)15-4-5-16(19-14-15)23-8-3-6-20-23/h3-6,8,14H,2,7,9-13H2,1H3,(H,18,24). The number of aromatic nitrogens is 3. The monoisotopic (exact) mass is 328 g/mol. The molecule has 2 aromatic heterocycles. The second-order valence-corrected chi connectivity index (χ2v) is 5.89. The number of carbonyl (C=O) groups is 1. The lowest BCUT2D eigenvalue weighted by molar-refractivity contribution is 0.0937. The molecule has 24 heavy (non-hydrogen) atoms. The molecule has 3 rings (SSSR count). The third kappa shape index (κ3) is 4.18. The van der Waals surface area contributed by atoms with Crippen molar-refractivity contribution < 1.29 is 4.79 Å². The molecule has 0 bridgehead atoms. The van der Waals surface area contributed by atoms with Crippen LogP contribution in [0.1, 0.15) is 17.3 Å². The van der Waals surface area contributed by atoms with Crippen LogP contribution in [0.4, 0.5) is 0 Å². The van der Waals surface area contributed by atoms with Gasteiger partial charge in [0.15, 0.2) is 5.82 Å². The average Bonchev–Trinajstić information content (AvgIpc) is 3.17. The number of nitrogens with one attached hydrogen (secondary N) is 1. The first kappa shape index (κ1) is 16.6. The molecule has 128 valence electrons. The lowest BCUT2D eigenvalue weighted by Crippen LogP contribution is -2.48. The zero-order valence-electron chi connectivity index (χ0n) is 14.1. The van der Waals surface area contributed by atoms with Gasteiger partial charge in [-0.05, 0) is 24.7 Å². The first-order chi connectivity index (χ1) is 11.8. The molecule has 0 aliphatic carbocycles. The smallest absolute Gasteiger partial charge is 0.252 e. The van der Waals surface area contributed by atoms with Crippen molar-refractivity contribution in [1.29, 1.82) is 0 Å². The number of amides is 1. The summed E-state index contributed by atoms with van der Waals surface area (Å²) >= 11 is 0. The van der Waals surface area contributed by atoms with Gasteiger partial charge in [0.05, 0.1) is 5.56 Å². The number of likely N-dealkylation sites (N-methyl/N-ethyl adjacent to an activating group) is 1. The van der Waals surface area contributed by atoms with E-state index < -0.39 is 0 Å². The molecule has 1 aliphatic rings. The Hall–Kier alpha value is -2.25. The molecule has 1 fully saturated rings. The second kappa shape index (κ2) is 8.03. The number of hydrogen-bond donors (Lipinski definition) is 1. The van der Waals surface area contributed by atoms with Crippen LogP contribution in [0.3, 0.4) is 0 Å². The molecule has 1 amide bonds. The average molecular weight is 328 g/mol. The van der Waals surface area contributed by atoms with Crippen molar-refractivity contribution in [3.8, 4) is 5.82 Å². The summed E-state index contributed by atoms with van der Waals surface area (Å²) in [4.78, 5) is 21.3. The SMILES string of the molecule is CCN1CCN(CCNC(=O)c2ccc(-n3cccn3)nc2)CC1. The molecule has 0 aromatic carbocycles. The highest BCUT2D eigenvalue weighted by Gasteiger charge is 2.15. The van der Waals surface area contributed by atoms with Crippen molar-refractivity contribution in [1.82, 2.24) is 29.9 Å². The minimum atomic E-state index is -0.0818. The van der Waals surface area contributed by atoms with Gasteiger partial charge < -0.3 is 10.2 Å². The number of rotatable bonds is 6.